The summed E-state index contributed by atoms with van der Waals surface area (Å²) >= 11 is 1.23. The molecule has 0 aliphatic carbocycles. The SMILES string of the molecule is CCCCc1ccc(-n2c(SCC(=O)N(CCC#N)c3ccccc3)nc3ccccc3c2=O)cc1. The number of rotatable bonds is 10. The number of para-hydroxylation sites is 2. The zero-order valence-electron chi connectivity index (χ0n) is 20.3. The van der Waals surface area contributed by atoms with Crippen LogP contribution in [0.4, 0.5) is 5.69 Å². The van der Waals surface area contributed by atoms with Crippen LogP contribution in [0.2, 0.25) is 0 Å². The minimum Gasteiger partial charge on any atom is -0.311 e. The van der Waals surface area contributed by atoms with Crippen molar-refractivity contribution in [2.24, 2.45) is 0 Å². The lowest BCUT2D eigenvalue weighted by molar-refractivity contribution is -0.116. The van der Waals surface area contributed by atoms with E-state index in [4.69, 9.17) is 10.2 Å². The van der Waals surface area contributed by atoms with Crippen LogP contribution in [0, 0.1) is 11.3 Å². The van der Waals surface area contributed by atoms with Gasteiger partial charge in [-0.1, -0.05) is 67.6 Å². The van der Waals surface area contributed by atoms with Crippen LogP contribution in [-0.2, 0) is 11.2 Å². The molecular weight excluding hydrogens is 468 g/mol. The second-order valence-electron chi connectivity index (χ2n) is 8.40. The zero-order valence-corrected chi connectivity index (χ0v) is 21.1. The maximum atomic E-state index is 13.5. The van der Waals surface area contributed by atoms with Gasteiger partial charge in [-0.3, -0.25) is 14.2 Å². The minimum absolute atomic E-state index is 0.0830. The highest BCUT2D eigenvalue weighted by atomic mass is 32.2. The first kappa shape index (κ1) is 25.2. The van der Waals surface area contributed by atoms with Crippen molar-refractivity contribution in [1.29, 1.82) is 5.26 Å². The maximum Gasteiger partial charge on any atom is 0.266 e. The normalized spacial score (nSPS) is 10.8. The van der Waals surface area contributed by atoms with Crippen molar-refractivity contribution in [2.45, 2.75) is 37.8 Å². The number of anilines is 1. The molecule has 6 nitrogen and oxygen atoms in total. The molecule has 1 amide bonds. The van der Waals surface area contributed by atoms with Crippen molar-refractivity contribution in [3.63, 3.8) is 0 Å². The van der Waals surface area contributed by atoms with Gasteiger partial charge in [-0.25, -0.2) is 4.98 Å². The fourth-order valence-corrected chi connectivity index (χ4v) is 4.89. The van der Waals surface area contributed by atoms with Gasteiger partial charge >= 0.3 is 0 Å². The number of nitriles is 1. The van der Waals surface area contributed by atoms with Crippen LogP contribution in [0.3, 0.4) is 0 Å². The molecular formula is C29H28N4O2S. The van der Waals surface area contributed by atoms with Crippen molar-refractivity contribution in [2.75, 3.05) is 17.2 Å². The van der Waals surface area contributed by atoms with Crippen molar-refractivity contribution in [3.8, 4) is 11.8 Å². The van der Waals surface area contributed by atoms with Crippen molar-refractivity contribution in [1.82, 2.24) is 9.55 Å². The Kier molecular flexibility index (Phi) is 8.53. The summed E-state index contributed by atoms with van der Waals surface area (Å²) in [5.41, 5.74) is 3.12. The van der Waals surface area contributed by atoms with Crippen LogP contribution in [0.1, 0.15) is 31.7 Å². The first-order valence-corrected chi connectivity index (χ1v) is 13.1. The van der Waals surface area contributed by atoms with Gasteiger partial charge in [0.05, 0.1) is 34.8 Å². The number of amides is 1. The third kappa shape index (κ3) is 5.84. The molecule has 0 aliphatic heterocycles. The van der Waals surface area contributed by atoms with Gasteiger partial charge in [-0.05, 0) is 54.8 Å². The lowest BCUT2D eigenvalue weighted by Crippen LogP contribution is -2.33. The number of hydrogen-bond donors (Lipinski definition) is 0. The van der Waals surface area contributed by atoms with Crippen LogP contribution >= 0.6 is 11.8 Å². The summed E-state index contributed by atoms with van der Waals surface area (Å²) in [5.74, 6) is -0.0648. The largest absolute Gasteiger partial charge is 0.311 e. The van der Waals surface area contributed by atoms with E-state index in [1.165, 1.54) is 17.3 Å². The summed E-state index contributed by atoms with van der Waals surface area (Å²) in [4.78, 5) is 33.1. The number of benzene rings is 3. The first-order valence-electron chi connectivity index (χ1n) is 12.1. The highest BCUT2D eigenvalue weighted by Gasteiger charge is 2.19. The smallest absolute Gasteiger partial charge is 0.266 e. The Hall–Kier alpha value is -3.89. The van der Waals surface area contributed by atoms with E-state index in [1.807, 2.05) is 72.8 Å². The molecule has 182 valence electrons. The number of carbonyl (C=O) groups is 1. The van der Waals surface area contributed by atoms with Gasteiger partial charge in [0.25, 0.3) is 5.56 Å². The first-order chi connectivity index (χ1) is 17.6. The fraction of sp³-hybridized carbons (Fsp3) is 0.241. The van der Waals surface area contributed by atoms with Gasteiger partial charge in [0.2, 0.25) is 5.91 Å². The average molecular weight is 497 g/mol. The summed E-state index contributed by atoms with van der Waals surface area (Å²) in [5, 5.41) is 10.1. The fourth-order valence-electron chi connectivity index (χ4n) is 4.00. The quantitative estimate of drug-likeness (QED) is 0.206. The molecule has 7 heteroatoms. The summed E-state index contributed by atoms with van der Waals surface area (Å²) in [6.07, 6.45) is 3.47. The highest BCUT2D eigenvalue weighted by Crippen LogP contribution is 2.24. The van der Waals surface area contributed by atoms with E-state index in [0.717, 1.165) is 30.6 Å². The minimum atomic E-state index is -0.166. The Morgan fingerprint density at radius 3 is 2.47 bits per heavy atom. The Bertz CT molecular complexity index is 1430. The van der Waals surface area contributed by atoms with Gasteiger partial charge in [0, 0.05) is 12.2 Å². The number of thioether (sulfide) groups is 1. The molecule has 0 saturated carbocycles. The number of unbranched alkanes of at least 4 members (excludes halogenated alkanes) is 1. The predicted molar refractivity (Wildman–Crippen MR) is 146 cm³/mol. The van der Waals surface area contributed by atoms with Crippen LogP contribution in [0.25, 0.3) is 16.6 Å². The lowest BCUT2D eigenvalue weighted by atomic mass is 10.1. The second kappa shape index (κ2) is 12.2. The molecule has 0 bridgehead atoms. The molecule has 0 spiro atoms. The third-order valence-corrected chi connectivity index (χ3v) is 6.82. The Balaban J connectivity index is 1.67. The highest BCUT2D eigenvalue weighted by molar-refractivity contribution is 7.99. The number of aryl methyl sites for hydroxylation is 1. The van der Waals surface area contributed by atoms with Crippen molar-refractivity contribution in [3.05, 3.63) is 94.8 Å². The topological polar surface area (TPSA) is 79.0 Å². The lowest BCUT2D eigenvalue weighted by Gasteiger charge is -2.22. The summed E-state index contributed by atoms with van der Waals surface area (Å²) in [7, 11) is 0. The molecule has 0 radical (unpaired) electrons. The monoisotopic (exact) mass is 496 g/mol. The van der Waals surface area contributed by atoms with E-state index in [1.54, 1.807) is 15.5 Å². The van der Waals surface area contributed by atoms with Gasteiger partial charge in [-0.2, -0.15) is 5.26 Å². The molecule has 0 N–H and O–H groups in total. The zero-order chi connectivity index (χ0) is 25.3. The Morgan fingerprint density at radius 1 is 1.03 bits per heavy atom. The van der Waals surface area contributed by atoms with E-state index < -0.39 is 0 Å². The molecule has 36 heavy (non-hydrogen) atoms. The van der Waals surface area contributed by atoms with Gasteiger partial charge < -0.3 is 4.90 Å². The maximum absolute atomic E-state index is 13.5. The molecule has 0 aliphatic rings. The van der Waals surface area contributed by atoms with Crippen LogP contribution in [0.5, 0.6) is 0 Å². The Morgan fingerprint density at radius 2 is 1.75 bits per heavy atom. The van der Waals surface area contributed by atoms with Crippen LogP contribution < -0.4 is 10.5 Å². The van der Waals surface area contributed by atoms with Gasteiger partial charge in [0.1, 0.15) is 0 Å². The molecule has 4 aromatic rings. The molecule has 3 aromatic carbocycles. The number of hydrogen-bond acceptors (Lipinski definition) is 5. The third-order valence-electron chi connectivity index (χ3n) is 5.90. The van der Waals surface area contributed by atoms with E-state index in [2.05, 4.69) is 13.0 Å². The predicted octanol–water partition coefficient (Wildman–Crippen LogP) is 5.77. The molecule has 0 fully saturated rings. The van der Waals surface area contributed by atoms with E-state index in [-0.39, 0.29) is 23.6 Å². The second-order valence-corrected chi connectivity index (χ2v) is 9.34. The standard InChI is InChI=1S/C29H28N4O2S/c1-2-3-10-22-15-17-24(18-16-22)33-28(35)25-13-7-8-14-26(25)31-29(33)36-21-27(34)32(20-9-19-30)23-11-5-4-6-12-23/h4-8,11-18H,2-3,9-10,20-21H2,1H3. The summed E-state index contributed by atoms with van der Waals surface area (Å²) < 4.78 is 1.59. The van der Waals surface area contributed by atoms with Crippen molar-refractivity contribution < 1.29 is 4.79 Å². The number of nitrogens with zero attached hydrogens (tertiary/aromatic N) is 4. The van der Waals surface area contributed by atoms with E-state index in [9.17, 15) is 9.59 Å². The van der Waals surface area contributed by atoms with Crippen LogP contribution in [-0.4, -0.2) is 27.8 Å². The van der Waals surface area contributed by atoms with Crippen LogP contribution in [0.15, 0.2) is 88.8 Å². The average Bonchev–Trinajstić information content (AvgIpc) is 2.92. The van der Waals surface area contributed by atoms with E-state index >= 15 is 0 Å². The molecule has 0 unspecified atom stereocenters. The van der Waals surface area contributed by atoms with Crippen molar-refractivity contribution >= 4 is 34.3 Å². The number of carbonyl (C=O) groups excluding carboxylic acids is 1. The Labute approximate surface area is 215 Å². The van der Waals surface area contributed by atoms with Gasteiger partial charge in [-0.15, -0.1) is 0 Å². The van der Waals surface area contributed by atoms with Gasteiger partial charge in [0.15, 0.2) is 5.16 Å². The molecule has 0 saturated heterocycles. The summed E-state index contributed by atoms with van der Waals surface area (Å²) in [6.45, 7) is 2.47. The molecule has 0 atom stereocenters. The molecule has 1 aromatic heterocycles. The van der Waals surface area contributed by atoms with E-state index in [0.29, 0.717) is 22.6 Å². The number of fused-ring (bicyclic) bond motifs is 1. The molecule has 4 rings (SSSR count). The summed E-state index contributed by atoms with van der Waals surface area (Å²) in [6, 6.07) is 26.7. The molecule has 1 heterocycles. The number of aromatic nitrogens is 2.